The number of fused-ring (bicyclic) bond motifs is 1. The molecule has 0 atom stereocenters. The van der Waals surface area contributed by atoms with Crippen LogP contribution in [0.1, 0.15) is 46.3 Å². The number of nitrogens with one attached hydrogen (secondary N) is 2. The maximum atomic E-state index is 12.9. The van der Waals surface area contributed by atoms with Gasteiger partial charge in [0.05, 0.1) is 11.3 Å². The van der Waals surface area contributed by atoms with E-state index < -0.39 is 17.6 Å². The highest BCUT2D eigenvalue weighted by atomic mass is 19.4. The summed E-state index contributed by atoms with van der Waals surface area (Å²) in [6, 6.07) is 10.4. The normalized spacial score (nSPS) is 13.1. The lowest BCUT2D eigenvalue weighted by molar-refractivity contribution is -0.137. The average molecular weight is 376 g/mol. The van der Waals surface area contributed by atoms with Crippen LogP contribution in [0.15, 0.2) is 42.5 Å². The van der Waals surface area contributed by atoms with Crippen LogP contribution in [0.4, 0.5) is 18.9 Å². The molecule has 1 amide bonds. The lowest BCUT2D eigenvalue weighted by atomic mass is 10.0. The van der Waals surface area contributed by atoms with Crippen molar-refractivity contribution in [3.63, 3.8) is 0 Å². The largest absolute Gasteiger partial charge is 0.418 e. The van der Waals surface area contributed by atoms with Crippen LogP contribution < -0.4 is 10.9 Å². The first-order chi connectivity index (χ1) is 12.8. The zero-order valence-corrected chi connectivity index (χ0v) is 14.5. The summed E-state index contributed by atoms with van der Waals surface area (Å²) in [4.78, 5) is 24.2. The molecule has 0 heterocycles. The number of carbonyl (C=O) groups is 2. The minimum Gasteiger partial charge on any atom is -0.298 e. The van der Waals surface area contributed by atoms with E-state index in [-0.39, 0.29) is 24.3 Å². The van der Waals surface area contributed by atoms with Crippen molar-refractivity contribution in [2.24, 2.45) is 0 Å². The number of Topliss-reactive ketones (excluding diaryl/α,β-unsaturated/α-hetero) is 1. The second-order valence-electron chi connectivity index (χ2n) is 6.48. The fraction of sp³-hybridized carbons (Fsp3) is 0.300. The van der Waals surface area contributed by atoms with E-state index in [2.05, 4.69) is 10.9 Å². The number of hydrazine groups is 1. The van der Waals surface area contributed by atoms with Gasteiger partial charge in [0.25, 0.3) is 0 Å². The summed E-state index contributed by atoms with van der Waals surface area (Å²) in [6.45, 7) is 0. The van der Waals surface area contributed by atoms with Crippen molar-refractivity contribution >= 4 is 17.4 Å². The van der Waals surface area contributed by atoms with Gasteiger partial charge in [0.15, 0.2) is 5.78 Å². The number of halogens is 3. The number of ketones is 1. The highest BCUT2D eigenvalue weighted by Crippen LogP contribution is 2.34. The smallest absolute Gasteiger partial charge is 0.298 e. The van der Waals surface area contributed by atoms with Crippen molar-refractivity contribution in [2.45, 2.75) is 38.3 Å². The highest BCUT2D eigenvalue weighted by Gasteiger charge is 2.33. The Morgan fingerprint density at radius 2 is 1.70 bits per heavy atom. The molecule has 0 unspecified atom stereocenters. The van der Waals surface area contributed by atoms with Gasteiger partial charge in [-0.1, -0.05) is 24.3 Å². The summed E-state index contributed by atoms with van der Waals surface area (Å²) in [5.41, 5.74) is 6.39. The summed E-state index contributed by atoms with van der Waals surface area (Å²) in [5, 5.41) is 0. The van der Waals surface area contributed by atoms with Gasteiger partial charge in [0, 0.05) is 18.4 Å². The van der Waals surface area contributed by atoms with E-state index >= 15 is 0 Å². The van der Waals surface area contributed by atoms with Gasteiger partial charge in [-0.25, -0.2) is 0 Å². The first-order valence-electron chi connectivity index (χ1n) is 8.70. The number of rotatable bonds is 6. The van der Waals surface area contributed by atoms with Crippen molar-refractivity contribution in [1.82, 2.24) is 5.43 Å². The third kappa shape index (κ3) is 4.67. The van der Waals surface area contributed by atoms with E-state index in [0.29, 0.717) is 5.56 Å². The Hall–Kier alpha value is -2.83. The molecule has 0 radical (unpaired) electrons. The number of hydrogen-bond donors (Lipinski definition) is 2. The molecule has 4 nitrogen and oxygen atoms in total. The Morgan fingerprint density at radius 3 is 2.48 bits per heavy atom. The fourth-order valence-corrected chi connectivity index (χ4v) is 3.16. The van der Waals surface area contributed by atoms with Crippen molar-refractivity contribution in [2.75, 3.05) is 5.43 Å². The molecule has 0 saturated carbocycles. The van der Waals surface area contributed by atoms with Crippen LogP contribution in [0.25, 0.3) is 0 Å². The number of amides is 1. The van der Waals surface area contributed by atoms with Crippen LogP contribution in [0.3, 0.4) is 0 Å². The Bertz CT molecular complexity index is 863. The van der Waals surface area contributed by atoms with Crippen LogP contribution in [0, 0.1) is 0 Å². The maximum Gasteiger partial charge on any atom is 0.418 e. The molecule has 2 aromatic carbocycles. The van der Waals surface area contributed by atoms with Gasteiger partial charge in [-0.2, -0.15) is 13.2 Å². The van der Waals surface area contributed by atoms with Gasteiger partial charge in [0.1, 0.15) is 0 Å². The van der Waals surface area contributed by atoms with Gasteiger partial charge in [0.2, 0.25) is 5.91 Å². The van der Waals surface area contributed by atoms with E-state index in [0.717, 1.165) is 25.3 Å². The van der Waals surface area contributed by atoms with Crippen molar-refractivity contribution in [1.29, 1.82) is 0 Å². The minimum absolute atomic E-state index is 0.00673. The molecule has 0 aromatic heterocycles. The van der Waals surface area contributed by atoms with Gasteiger partial charge in [-0.05, 0) is 48.6 Å². The first kappa shape index (κ1) is 18.9. The van der Waals surface area contributed by atoms with Crippen LogP contribution in [0.5, 0.6) is 0 Å². The molecule has 2 aromatic rings. The Kier molecular flexibility index (Phi) is 5.48. The number of anilines is 1. The third-order valence-corrected chi connectivity index (χ3v) is 4.57. The molecular formula is C20H19F3N2O2. The second-order valence-corrected chi connectivity index (χ2v) is 6.48. The number of alkyl halides is 3. The van der Waals surface area contributed by atoms with E-state index in [1.54, 1.807) is 6.07 Å². The summed E-state index contributed by atoms with van der Waals surface area (Å²) in [6.07, 6.45) is -1.58. The summed E-state index contributed by atoms with van der Waals surface area (Å²) in [7, 11) is 0. The first-order valence-corrected chi connectivity index (χ1v) is 8.70. The molecule has 1 aliphatic carbocycles. The number of aryl methyl sites for hydroxylation is 2. The zero-order valence-electron chi connectivity index (χ0n) is 14.5. The lowest BCUT2D eigenvalue weighted by Gasteiger charge is -2.14. The van der Waals surface area contributed by atoms with E-state index in [1.165, 1.54) is 29.3 Å². The predicted molar refractivity (Wildman–Crippen MR) is 95.2 cm³/mol. The third-order valence-electron chi connectivity index (χ3n) is 4.57. The second kappa shape index (κ2) is 7.82. The SMILES string of the molecule is O=C(CCC(=O)c1ccc2c(c1)CCC2)NNc1ccccc1C(F)(F)F. The number of para-hydroxylation sites is 1. The Morgan fingerprint density at radius 1 is 0.963 bits per heavy atom. The van der Waals surface area contributed by atoms with Gasteiger partial charge in [-0.15, -0.1) is 0 Å². The molecule has 3 rings (SSSR count). The Labute approximate surface area is 154 Å². The summed E-state index contributed by atoms with van der Waals surface area (Å²) < 4.78 is 38.7. The summed E-state index contributed by atoms with van der Waals surface area (Å²) in [5.74, 6) is -0.711. The maximum absolute atomic E-state index is 12.9. The molecule has 0 bridgehead atoms. The molecule has 0 fully saturated rings. The lowest BCUT2D eigenvalue weighted by Crippen LogP contribution is -2.30. The topological polar surface area (TPSA) is 58.2 Å². The number of hydrogen-bond acceptors (Lipinski definition) is 3. The minimum atomic E-state index is -4.53. The molecule has 0 saturated heterocycles. The van der Waals surface area contributed by atoms with Gasteiger partial charge in [-0.3, -0.25) is 20.4 Å². The van der Waals surface area contributed by atoms with Crippen molar-refractivity contribution in [3.05, 3.63) is 64.7 Å². The van der Waals surface area contributed by atoms with E-state index in [9.17, 15) is 22.8 Å². The molecule has 0 aliphatic heterocycles. The molecule has 1 aliphatic rings. The van der Waals surface area contributed by atoms with Crippen molar-refractivity contribution in [3.8, 4) is 0 Å². The fourth-order valence-electron chi connectivity index (χ4n) is 3.16. The van der Waals surface area contributed by atoms with E-state index in [1.807, 2.05) is 12.1 Å². The predicted octanol–water partition coefficient (Wildman–Crippen LogP) is 4.30. The van der Waals surface area contributed by atoms with Crippen LogP contribution >= 0.6 is 0 Å². The summed E-state index contributed by atoms with van der Waals surface area (Å²) >= 11 is 0. The number of benzene rings is 2. The molecule has 0 spiro atoms. The average Bonchev–Trinajstić information content (AvgIpc) is 3.11. The monoisotopic (exact) mass is 376 g/mol. The highest BCUT2D eigenvalue weighted by molar-refractivity contribution is 5.98. The van der Waals surface area contributed by atoms with E-state index in [4.69, 9.17) is 0 Å². The van der Waals surface area contributed by atoms with Crippen LogP contribution in [-0.4, -0.2) is 11.7 Å². The molecule has 27 heavy (non-hydrogen) atoms. The van der Waals surface area contributed by atoms with Crippen molar-refractivity contribution < 1.29 is 22.8 Å². The molecule has 142 valence electrons. The quantitative estimate of drug-likeness (QED) is 0.584. The van der Waals surface area contributed by atoms with Gasteiger partial charge >= 0.3 is 6.18 Å². The van der Waals surface area contributed by atoms with Crippen LogP contribution in [-0.2, 0) is 23.8 Å². The zero-order chi connectivity index (χ0) is 19.4. The van der Waals surface area contributed by atoms with Gasteiger partial charge < -0.3 is 0 Å². The van der Waals surface area contributed by atoms with Crippen LogP contribution in [0.2, 0.25) is 0 Å². The molecule has 7 heteroatoms. The standard InChI is InChI=1S/C20H19F3N2O2/c21-20(22,23)16-6-1-2-7-17(16)24-25-19(27)11-10-18(26)15-9-8-13-4-3-5-14(13)12-15/h1-2,6-9,12,24H,3-5,10-11H2,(H,25,27). The molecule has 2 N–H and O–H groups in total. The number of carbonyl (C=O) groups excluding carboxylic acids is 2. The molecular weight excluding hydrogens is 357 g/mol. The Balaban J connectivity index is 1.53.